The van der Waals surface area contributed by atoms with Crippen molar-refractivity contribution in [3.8, 4) is 11.4 Å². The van der Waals surface area contributed by atoms with Crippen LogP contribution in [0.2, 0.25) is 0 Å². The van der Waals surface area contributed by atoms with E-state index < -0.39 is 0 Å². The van der Waals surface area contributed by atoms with E-state index in [4.69, 9.17) is 4.74 Å². The van der Waals surface area contributed by atoms with E-state index in [9.17, 15) is 4.79 Å². The molecule has 0 saturated heterocycles. The Hall–Kier alpha value is -2.67. The van der Waals surface area contributed by atoms with Crippen LogP contribution in [0.3, 0.4) is 0 Å². The molecule has 1 aromatic heterocycles. The summed E-state index contributed by atoms with van der Waals surface area (Å²) in [7, 11) is 1.62. The molecular weight excluding hydrogens is 360 g/mol. The molecule has 27 heavy (non-hydrogen) atoms. The second-order valence-corrected chi connectivity index (χ2v) is 7.36. The van der Waals surface area contributed by atoms with E-state index in [1.54, 1.807) is 11.8 Å². The molecule has 0 bridgehead atoms. The zero-order valence-corrected chi connectivity index (χ0v) is 16.9. The van der Waals surface area contributed by atoms with Crippen LogP contribution in [-0.4, -0.2) is 38.9 Å². The van der Waals surface area contributed by atoms with Crippen molar-refractivity contribution in [2.75, 3.05) is 12.9 Å². The minimum Gasteiger partial charge on any atom is -0.497 e. The summed E-state index contributed by atoms with van der Waals surface area (Å²) >= 11 is 1.34. The average Bonchev–Trinajstić information content (AvgIpc) is 3.13. The summed E-state index contributed by atoms with van der Waals surface area (Å²) in [6.07, 6.45) is 0. The Labute approximate surface area is 162 Å². The first-order valence-electron chi connectivity index (χ1n) is 8.58. The van der Waals surface area contributed by atoms with Crippen LogP contribution in [0, 0.1) is 27.7 Å². The summed E-state index contributed by atoms with van der Waals surface area (Å²) in [5.41, 5.74) is 5.97. The van der Waals surface area contributed by atoms with Crippen LogP contribution in [-0.2, 0) is 0 Å². The molecule has 0 aliphatic heterocycles. The van der Waals surface area contributed by atoms with E-state index in [-0.39, 0.29) is 11.5 Å². The number of aryl methyl sites for hydroxylation is 2. The highest BCUT2D eigenvalue weighted by Crippen LogP contribution is 2.25. The maximum atomic E-state index is 12.9. The third-order valence-electron chi connectivity index (χ3n) is 4.74. The number of Topliss-reactive ketones (excluding diaryl/α,β-unsaturated/α-hetero) is 1. The quantitative estimate of drug-likeness (QED) is 0.476. The van der Waals surface area contributed by atoms with Crippen molar-refractivity contribution in [2.24, 2.45) is 0 Å². The number of tetrazole rings is 1. The summed E-state index contributed by atoms with van der Waals surface area (Å²) in [5.74, 6) is 1.13. The van der Waals surface area contributed by atoms with Gasteiger partial charge in [-0.1, -0.05) is 17.8 Å². The van der Waals surface area contributed by atoms with Gasteiger partial charge < -0.3 is 4.74 Å². The number of aromatic nitrogens is 4. The van der Waals surface area contributed by atoms with Crippen LogP contribution in [0.5, 0.6) is 5.75 Å². The zero-order valence-electron chi connectivity index (χ0n) is 16.1. The lowest BCUT2D eigenvalue weighted by Crippen LogP contribution is -2.10. The molecule has 0 radical (unpaired) electrons. The third-order valence-corrected chi connectivity index (χ3v) is 5.65. The first-order chi connectivity index (χ1) is 12.9. The highest BCUT2D eigenvalue weighted by Gasteiger charge is 2.18. The van der Waals surface area contributed by atoms with Gasteiger partial charge >= 0.3 is 0 Å². The first-order valence-corrected chi connectivity index (χ1v) is 9.57. The fraction of sp³-hybridized carbons (Fsp3) is 0.300. The molecule has 3 rings (SSSR count). The summed E-state index contributed by atoms with van der Waals surface area (Å²) in [6.45, 7) is 8.08. The smallest absolute Gasteiger partial charge is 0.214 e. The minimum absolute atomic E-state index is 0.0890. The van der Waals surface area contributed by atoms with Crippen molar-refractivity contribution in [1.29, 1.82) is 0 Å². The largest absolute Gasteiger partial charge is 0.497 e. The van der Waals surface area contributed by atoms with Crippen molar-refractivity contribution in [3.63, 3.8) is 0 Å². The lowest BCUT2D eigenvalue weighted by Gasteiger charge is -2.14. The van der Waals surface area contributed by atoms with Gasteiger partial charge in [-0.05, 0) is 84.6 Å². The summed E-state index contributed by atoms with van der Waals surface area (Å²) < 4.78 is 6.80. The van der Waals surface area contributed by atoms with Gasteiger partial charge in [-0.15, -0.1) is 5.10 Å². The molecule has 0 amide bonds. The third kappa shape index (κ3) is 3.88. The lowest BCUT2D eigenvalue weighted by molar-refractivity contribution is 0.102. The number of ketones is 1. The molecule has 0 aliphatic rings. The second kappa shape index (κ2) is 7.92. The number of methoxy groups -OCH3 is 1. The molecule has 0 N–H and O–H groups in total. The molecule has 0 spiro atoms. The molecule has 0 saturated carbocycles. The Kier molecular flexibility index (Phi) is 5.60. The van der Waals surface area contributed by atoms with Crippen LogP contribution in [0.1, 0.15) is 32.6 Å². The highest BCUT2D eigenvalue weighted by molar-refractivity contribution is 7.99. The van der Waals surface area contributed by atoms with Crippen molar-refractivity contribution in [3.05, 3.63) is 58.1 Å². The monoisotopic (exact) mass is 382 g/mol. The molecule has 7 heteroatoms. The SMILES string of the molecule is COc1ccc(-n2nnnc2SCC(=O)c2c(C)c(C)cc(C)c2C)cc1. The fourth-order valence-electron chi connectivity index (χ4n) is 2.99. The molecule has 1 heterocycles. The predicted octanol–water partition coefficient (Wildman–Crippen LogP) is 3.88. The van der Waals surface area contributed by atoms with Gasteiger partial charge in [0.2, 0.25) is 5.16 Å². The first kappa shape index (κ1) is 19.1. The number of benzene rings is 2. The van der Waals surface area contributed by atoms with Gasteiger partial charge in [0, 0.05) is 5.56 Å². The topological polar surface area (TPSA) is 69.9 Å². The van der Waals surface area contributed by atoms with Crippen LogP contribution >= 0.6 is 11.8 Å². The van der Waals surface area contributed by atoms with Crippen molar-refractivity contribution in [1.82, 2.24) is 20.2 Å². The number of ether oxygens (including phenoxy) is 1. The number of hydrogen-bond donors (Lipinski definition) is 0. The van der Waals surface area contributed by atoms with Gasteiger partial charge in [-0.2, -0.15) is 4.68 Å². The molecule has 2 aromatic carbocycles. The number of hydrogen-bond acceptors (Lipinski definition) is 6. The van der Waals surface area contributed by atoms with Gasteiger partial charge in [0.1, 0.15) is 5.75 Å². The highest BCUT2D eigenvalue weighted by atomic mass is 32.2. The standard InChI is InChI=1S/C20H22N4O2S/c1-12-10-13(2)15(4)19(14(12)3)18(25)11-27-20-21-22-23-24(20)16-6-8-17(26-5)9-7-16/h6-10H,11H2,1-5H3. The average molecular weight is 382 g/mol. The summed E-state index contributed by atoms with van der Waals surface area (Å²) in [6, 6.07) is 9.56. The van der Waals surface area contributed by atoms with E-state index >= 15 is 0 Å². The molecule has 140 valence electrons. The van der Waals surface area contributed by atoms with Crippen LogP contribution < -0.4 is 4.74 Å². The van der Waals surface area contributed by atoms with Crippen LogP contribution in [0.15, 0.2) is 35.5 Å². The number of carbonyl (C=O) groups is 1. The second-order valence-electron chi connectivity index (χ2n) is 6.42. The molecule has 0 fully saturated rings. The zero-order chi connectivity index (χ0) is 19.6. The normalized spacial score (nSPS) is 10.9. The minimum atomic E-state index is 0.0890. The Morgan fingerprint density at radius 3 is 2.30 bits per heavy atom. The number of rotatable bonds is 6. The number of nitrogens with zero attached hydrogens (tertiary/aromatic N) is 4. The van der Waals surface area contributed by atoms with Crippen LogP contribution in [0.4, 0.5) is 0 Å². The Morgan fingerprint density at radius 2 is 1.70 bits per heavy atom. The number of thioether (sulfide) groups is 1. The van der Waals surface area contributed by atoms with E-state index in [2.05, 4.69) is 21.6 Å². The van der Waals surface area contributed by atoms with Gasteiger partial charge in [-0.25, -0.2) is 0 Å². The van der Waals surface area contributed by atoms with Gasteiger partial charge in [0.15, 0.2) is 5.78 Å². The van der Waals surface area contributed by atoms with Crippen molar-refractivity contribution < 1.29 is 9.53 Å². The summed E-state index contributed by atoms with van der Waals surface area (Å²) in [5, 5.41) is 12.4. The van der Waals surface area contributed by atoms with E-state index in [1.165, 1.54) is 11.8 Å². The predicted molar refractivity (Wildman–Crippen MR) is 106 cm³/mol. The van der Waals surface area contributed by atoms with Gasteiger partial charge in [0.05, 0.1) is 18.6 Å². The van der Waals surface area contributed by atoms with Gasteiger partial charge in [-0.3, -0.25) is 4.79 Å². The molecule has 3 aromatic rings. The maximum absolute atomic E-state index is 12.9. The summed E-state index contributed by atoms with van der Waals surface area (Å²) in [4.78, 5) is 12.9. The molecule has 0 aliphatic carbocycles. The van der Waals surface area contributed by atoms with E-state index in [0.29, 0.717) is 5.16 Å². The Morgan fingerprint density at radius 1 is 1.07 bits per heavy atom. The fourth-order valence-corrected chi connectivity index (χ4v) is 3.75. The van der Waals surface area contributed by atoms with E-state index in [1.807, 2.05) is 52.0 Å². The van der Waals surface area contributed by atoms with Crippen LogP contribution in [0.25, 0.3) is 5.69 Å². The number of carbonyl (C=O) groups excluding carboxylic acids is 1. The van der Waals surface area contributed by atoms with E-state index in [0.717, 1.165) is 39.3 Å². The van der Waals surface area contributed by atoms with Gasteiger partial charge in [0.25, 0.3) is 0 Å². The molecular formula is C20H22N4O2S. The molecule has 0 atom stereocenters. The van der Waals surface area contributed by atoms with Crippen molar-refractivity contribution >= 4 is 17.5 Å². The maximum Gasteiger partial charge on any atom is 0.214 e. The Balaban J connectivity index is 1.81. The van der Waals surface area contributed by atoms with Crippen molar-refractivity contribution in [2.45, 2.75) is 32.9 Å². The lowest BCUT2D eigenvalue weighted by atomic mass is 9.92. The Bertz CT molecular complexity index is 954. The molecule has 0 unspecified atom stereocenters. The molecule has 6 nitrogen and oxygen atoms in total.